The number of Topliss-reactive ketones (excluding diaryl/α,β-unsaturated/α-hetero) is 1. The molecule has 5 nitrogen and oxygen atoms in total. The van der Waals surface area contributed by atoms with E-state index < -0.39 is 29.3 Å². The Morgan fingerprint density at radius 3 is 2.66 bits per heavy atom. The van der Waals surface area contributed by atoms with Crippen molar-refractivity contribution in [2.75, 3.05) is 13.2 Å². The number of carbonyl (C=O) groups is 2. The molecule has 1 N–H and O–H groups in total. The predicted octanol–water partition coefficient (Wildman–Crippen LogP) is 4.49. The summed E-state index contributed by atoms with van der Waals surface area (Å²) in [5.41, 5.74) is 0.116. The number of amides is 1. The lowest BCUT2D eigenvalue weighted by molar-refractivity contribution is -0.139. The van der Waals surface area contributed by atoms with E-state index in [0.29, 0.717) is 12.4 Å². The maximum atomic E-state index is 14.5. The fourth-order valence-electron chi connectivity index (χ4n) is 3.30. The van der Waals surface area contributed by atoms with Gasteiger partial charge in [-0.15, -0.1) is 6.58 Å². The van der Waals surface area contributed by atoms with E-state index in [0.717, 1.165) is 0 Å². The van der Waals surface area contributed by atoms with Crippen molar-refractivity contribution >= 4 is 29.1 Å². The normalized spacial score (nSPS) is 18.2. The third-order valence-corrected chi connectivity index (χ3v) is 4.87. The van der Waals surface area contributed by atoms with Crippen LogP contribution in [0.15, 0.2) is 60.7 Å². The lowest BCUT2D eigenvalue weighted by atomic mass is 9.95. The second-order valence-corrected chi connectivity index (χ2v) is 6.75. The zero-order valence-electron chi connectivity index (χ0n) is 15.7. The molecule has 1 aliphatic rings. The smallest absolute Gasteiger partial charge is 0.295 e. The second-order valence-electron chi connectivity index (χ2n) is 6.34. The molecule has 1 aliphatic heterocycles. The van der Waals surface area contributed by atoms with E-state index in [1.165, 1.54) is 41.3 Å². The summed E-state index contributed by atoms with van der Waals surface area (Å²) in [4.78, 5) is 26.5. The predicted molar refractivity (Wildman–Crippen MR) is 108 cm³/mol. The van der Waals surface area contributed by atoms with Crippen LogP contribution < -0.4 is 4.74 Å². The number of ketones is 1. The molecule has 2 aromatic carbocycles. The molecule has 0 radical (unpaired) electrons. The number of likely N-dealkylation sites (tertiary alicyclic amines) is 1. The fraction of sp³-hybridized carbons (Fsp3) is 0.182. The number of nitrogens with zero attached hydrogens (tertiary/aromatic N) is 1. The Bertz CT molecular complexity index is 1020. The lowest BCUT2D eigenvalue weighted by Gasteiger charge is -2.24. The monoisotopic (exact) mass is 415 g/mol. The van der Waals surface area contributed by atoms with Crippen LogP contribution in [0.2, 0.25) is 5.02 Å². The van der Waals surface area contributed by atoms with Crippen molar-refractivity contribution in [3.8, 4) is 5.75 Å². The molecule has 150 valence electrons. The van der Waals surface area contributed by atoms with Crippen LogP contribution in [0.3, 0.4) is 0 Å². The van der Waals surface area contributed by atoms with Gasteiger partial charge in [0, 0.05) is 17.7 Å². The highest BCUT2D eigenvalue weighted by atomic mass is 35.5. The number of aliphatic hydroxyl groups excluding tert-OH is 1. The van der Waals surface area contributed by atoms with E-state index in [1.54, 1.807) is 19.1 Å². The molecule has 1 fully saturated rings. The molecule has 3 rings (SSSR count). The van der Waals surface area contributed by atoms with Gasteiger partial charge in [0.15, 0.2) is 0 Å². The van der Waals surface area contributed by atoms with Crippen molar-refractivity contribution in [2.24, 2.45) is 0 Å². The van der Waals surface area contributed by atoms with Crippen LogP contribution >= 0.6 is 11.6 Å². The van der Waals surface area contributed by atoms with Gasteiger partial charge in [-0.3, -0.25) is 9.59 Å². The van der Waals surface area contributed by atoms with Gasteiger partial charge in [0.25, 0.3) is 11.7 Å². The number of aliphatic hydroxyl groups is 1. The Kier molecular flexibility index (Phi) is 6.03. The molecule has 1 amide bonds. The van der Waals surface area contributed by atoms with E-state index >= 15 is 0 Å². The number of carbonyl (C=O) groups excluding carboxylic acids is 2. The summed E-state index contributed by atoms with van der Waals surface area (Å²) < 4.78 is 19.9. The molecular weight excluding hydrogens is 397 g/mol. The Balaban J connectivity index is 2.19. The molecular formula is C22H19ClFNO4. The molecule has 0 unspecified atom stereocenters. The fourth-order valence-corrected chi connectivity index (χ4v) is 3.54. The topological polar surface area (TPSA) is 66.8 Å². The van der Waals surface area contributed by atoms with Gasteiger partial charge in [-0.1, -0.05) is 35.9 Å². The Morgan fingerprint density at radius 2 is 2.03 bits per heavy atom. The summed E-state index contributed by atoms with van der Waals surface area (Å²) in [6, 6.07) is 9.23. The Morgan fingerprint density at radius 1 is 1.31 bits per heavy atom. The summed E-state index contributed by atoms with van der Waals surface area (Å²) in [6.07, 6.45) is 1.44. The van der Waals surface area contributed by atoms with Crippen molar-refractivity contribution in [3.05, 3.63) is 82.7 Å². The van der Waals surface area contributed by atoms with Crippen molar-refractivity contribution in [1.82, 2.24) is 4.90 Å². The first-order valence-electron chi connectivity index (χ1n) is 8.97. The van der Waals surface area contributed by atoms with Crippen LogP contribution in [-0.4, -0.2) is 34.8 Å². The number of hydrogen-bond donors (Lipinski definition) is 1. The highest BCUT2D eigenvalue weighted by Crippen LogP contribution is 2.40. The molecule has 0 bridgehead atoms. The molecule has 0 aliphatic carbocycles. The zero-order chi connectivity index (χ0) is 21.1. The first-order chi connectivity index (χ1) is 13.9. The summed E-state index contributed by atoms with van der Waals surface area (Å²) >= 11 is 6.19. The number of hydrogen-bond acceptors (Lipinski definition) is 4. The molecule has 1 atom stereocenters. The number of rotatable bonds is 6. The van der Waals surface area contributed by atoms with Crippen LogP contribution in [-0.2, 0) is 9.59 Å². The van der Waals surface area contributed by atoms with Crippen molar-refractivity contribution in [3.63, 3.8) is 0 Å². The average molecular weight is 416 g/mol. The van der Waals surface area contributed by atoms with Crippen molar-refractivity contribution in [1.29, 1.82) is 0 Å². The van der Waals surface area contributed by atoms with Gasteiger partial charge in [0.2, 0.25) is 0 Å². The number of benzene rings is 2. The van der Waals surface area contributed by atoms with Crippen LogP contribution in [0.4, 0.5) is 4.39 Å². The zero-order valence-corrected chi connectivity index (χ0v) is 16.4. The summed E-state index contributed by atoms with van der Waals surface area (Å²) in [7, 11) is 0. The minimum atomic E-state index is -1.08. The van der Waals surface area contributed by atoms with Gasteiger partial charge >= 0.3 is 0 Å². The van der Waals surface area contributed by atoms with E-state index in [1.807, 2.05) is 0 Å². The van der Waals surface area contributed by atoms with Crippen LogP contribution in [0.25, 0.3) is 5.76 Å². The maximum Gasteiger partial charge on any atom is 0.295 e. The summed E-state index contributed by atoms with van der Waals surface area (Å²) in [5.74, 6) is -2.35. The number of halogens is 2. The molecule has 1 heterocycles. The van der Waals surface area contributed by atoms with Gasteiger partial charge in [-0.05, 0) is 31.2 Å². The number of ether oxygens (including phenoxy) is 1. The van der Waals surface area contributed by atoms with Gasteiger partial charge in [-0.2, -0.15) is 0 Å². The highest BCUT2D eigenvalue weighted by Gasteiger charge is 2.46. The second kappa shape index (κ2) is 8.49. The summed E-state index contributed by atoms with van der Waals surface area (Å²) in [6.45, 7) is 5.82. The van der Waals surface area contributed by atoms with Crippen LogP contribution in [0, 0.1) is 5.82 Å². The van der Waals surface area contributed by atoms with Gasteiger partial charge in [0.05, 0.1) is 23.2 Å². The molecule has 0 aromatic heterocycles. The standard InChI is InChI=1S/C22H19ClFNO4/c1-3-11-25-19(14-7-5-6-8-16(14)24)18(21(27)22(25)28)20(26)13-9-10-17(29-4-2)15(23)12-13/h3,5-10,12,19,26H,1,4,11H2,2H3/t19-/m1/s1. The SMILES string of the molecule is C=CCN1C(=O)C(=O)C(=C(O)c2ccc(OCC)c(Cl)c2)[C@H]1c1ccccc1F. The molecule has 0 spiro atoms. The van der Waals surface area contributed by atoms with Gasteiger partial charge in [0.1, 0.15) is 17.3 Å². The first-order valence-corrected chi connectivity index (χ1v) is 9.34. The molecule has 7 heteroatoms. The van der Waals surface area contributed by atoms with E-state index in [-0.39, 0.29) is 28.3 Å². The quantitative estimate of drug-likeness (QED) is 0.327. The molecule has 29 heavy (non-hydrogen) atoms. The Labute approximate surface area is 172 Å². The maximum absolute atomic E-state index is 14.5. The Hall–Kier alpha value is -3.12. The van der Waals surface area contributed by atoms with E-state index in [9.17, 15) is 19.1 Å². The van der Waals surface area contributed by atoms with Gasteiger partial charge < -0.3 is 14.7 Å². The summed E-state index contributed by atoms with van der Waals surface area (Å²) in [5, 5.41) is 11.1. The van der Waals surface area contributed by atoms with Gasteiger partial charge in [-0.25, -0.2) is 4.39 Å². The highest BCUT2D eigenvalue weighted by molar-refractivity contribution is 6.46. The minimum absolute atomic E-state index is 0.0182. The molecule has 1 saturated heterocycles. The van der Waals surface area contributed by atoms with E-state index in [4.69, 9.17) is 16.3 Å². The molecule has 2 aromatic rings. The lowest BCUT2D eigenvalue weighted by Crippen LogP contribution is -2.30. The minimum Gasteiger partial charge on any atom is -0.507 e. The van der Waals surface area contributed by atoms with Crippen molar-refractivity contribution < 1.29 is 23.8 Å². The van der Waals surface area contributed by atoms with Crippen LogP contribution in [0.5, 0.6) is 5.75 Å². The van der Waals surface area contributed by atoms with E-state index in [2.05, 4.69) is 6.58 Å². The third kappa shape index (κ3) is 3.76. The van der Waals surface area contributed by atoms with Crippen LogP contribution in [0.1, 0.15) is 24.1 Å². The first kappa shape index (κ1) is 20.6. The average Bonchev–Trinajstić information content (AvgIpc) is 2.94. The third-order valence-electron chi connectivity index (χ3n) is 4.57. The largest absolute Gasteiger partial charge is 0.507 e. The van der Waals surface area contributed by atoms with Crippen molar-refractivity contribution in [2.45, 2.75) is 13.0 Å². The molecule has 0 saturated carbocycles.